The lowest BCUT2D eigenvalue weighted by atomic mass is 9.91. The Balaban J connectivity index is 1.47. The zero-order valence-electron chi connectivity index (χ0n) is 18.1. The number of rotatable bonds is 7. The number of hydrogen-bond acceptors (Lipinski definition) is 6. The van der Waals surface area contributed by atoms with Crippen LogP contribution in [0.25, 0.3) is 5.65 Å². The zero-order valence-corrected chi connectivity index (χ0v) is 18.1. The van der Waals surface area contributed by atoms with E-state index in [-0.39, 0.29) is 5.92 Å². The number of anilines is 2. The third kappa shape index (κ3) is 3.82. The SMILES string of the molecule is CCc1cc(N(C)c2ccc(C(Cc3ccccc3)c3nn[nH]n3)cc2)n2nccc2n1. The average Bonchev–Trinajstić information content (AvgIpc) is 3.54. The number of nitrogens with one attached hydrogen (secondary N) is 1. The summed E-state index contributed by atoms with van der Waals surface area (Å²) in [6.07, 6.45) is 3.45. The van der Waals surface area contributed by atoms with Crippen molar-refractivity contribution in [3.8, 4) is 0 Å². The van der Waals surface area contributed by atoms with E-state index in [0.29, 0.717) is 5.82 Å². The molecule has 5 rings (SSSR count). The van der Waals surface area contributed by atoms with Gasteiger partial charge in [0.1, 0.15) is 5.82 Å². The first-order chi connectivity index (χ1) is 15.7. The van der Waals surface area contributed by atoms with E-state index in [9.17, 15) is 0 Å². The molecule has 0 saturated carbocycles. The van der Waals surface area contributed by atoms with Crippen LogP contribution in [0.4, 0.5) is 11.5 Å². The lowest BCUT2D eigenvalue weighted by molar-refractivity contribution is 0.740. The van der Waals surface area contributed by atoms with Gasteiger partial charge in [0.15, 0.2) is 11.5 Å². The molecule has 1 N–H and O–H groups in total. The Labute approximate surface area is 185 Å². The van der Waals surface area contributed by atoms with E-state index in [1.165, 1.54) is 5.56 Å². The van der Waals surface area contributed by atoms with Gasteiger partial charge in [0.05, 0.1) is 12.1 Å². The largest absolute Gasteiger partial charge is 0.329 e. The molecule has 160 valence electrons. The number of hydrogen-bond donors (Lipinski definition) is 1. The minimum atomic E-state index is 0.0148. The Morgan fingerprint density at radius 2 is 1.84 bits per heavy atom. The number of benzene rings is 2. The van der Waals surface area contributed by atoms with Crippen molar-refractivity contribution in [2.75, 3.05) is 11.9 Å². The first-order valence-electron chi connectivity index (χ1n) is 10.7. The number of H-pyrrole nitrogens is 1. The molecule has 8 nitrogen and oxygen atoms in total. The summed E-state index contributed by atoms with van der Waals surface area (Å²) in [5, 5.41) is 19.3. The van der Waals surface area contributed by atoms with Crippen molar-refractivity contribution >= 4 is 17.2 Å². The van der Waals surface area contributed by atoms with Gasteiger partial charge < -0.3 is 4.90 Å². The number of fused-ring (bicyclic) bond motifs is 1. The molecule has 0 aliphatic heterocycles. The quantitative estimate of drug-likeness (QED) is 0.426. The molecular weight excluding hydrogens is 400 g/mol. The van der Waals surface area contributed by atoms with Crippen LogP contribution in [-0.4, -0.2) is 42.3 Å². The van der Waals surface area contributed by atoms with Crippen LogP contribution in [0.3, 0.4) is 0 Å². The molecule has 0 fully saturated rings. The maximum atomic E-state index is 4.65. The Morgan fingerprint density at radius 1 is 1.03 bits per heavy atom. The topological polar surface area (TPSA) is 87.9 Å². The molecule has 1 atom stereocenters. The molecule has 32 heavy (non-hydrogen) atoms. The second kappa shape index (κ2) is 8.58. The molecule has 0 amide bonds. The van der Waals surface area contributed by atoms with Crippen LogP contribution in [0.1, 0.15) is 35.5 Å². The lowest BCUT2D eigenvalue weighted by Gasteiger charge is -2.22. The Kier molecular flexibility index (Phi) is 5.33. The predicted octanol–water partition coefficient (Wildman–Crippen LogP) is 3.95. The monoisotopic (exact) mass is 424 g/mol. The van der Waals surface area contributed by atoms with Crippen LogP contribution < -0.4 is 4.90 Å². The molecule has 0 aliphatic carbocycles. The molecule has 0 spiro atoms. The minimum absolute atomic E-state index is 0.0148. The third-order valence-corrected chi connectivity index (χ3v) is 5.74. The lowest BCUT2D eigenvalue weighted by Crippen LogP contribution is -2.15. The van der Waals surface area contributed by atoms with Gasteiger partial charge in [-0.15, -0.1) is 10.2 Å². The Hall–Kier alpha value is -4.07. The van der Waals surface area contributed by atoms with Crippen molar-refractivity contribution in [2.24, 2.45) is 0 Å². The molecule has 2 aromatic carbocycles. The van der Waals surface area contributed by atoms with E-state index in [4.69, 9.17) is 0 Å². The summed E-state index contributed by atoms with van der Waals surface area (Å²) in [7, 11) is 2.05. The molecule has 0 bridgehead atoms. The third-order valence-electron chi connectivity index (χ3n) is 5.74. The Bertz CT molecular complexity index is 1290. The summed E-state index contributed by atoms with van der Waals surface area (Å²) in [5.41, 5.74) is 5.32. The molecule has 1 unspecified atom stereocenters. The van der Waals surface area contributed by atoms with Crippen LogP contribution in [0.2, 0.25) is 0 Å². The summed E-state index contributed by atoms with van der Waals surface area (Å²) in [5.74, 6) is 1.68. The van der Waals surface area contributed by atoms with Crippen LogP contribution in [0.15, 0.2) is 72.9 Å². The van der Waals surface area contributed by atoms with Gasteiger partial charge in [-0.2, -0.15) is 14.8 Å². The highest BCUT2D eigenvalue weighted by Crippen LogP contribution is 2.30. The van der Waals surface area contributed by atoms with Gasteiger partial charge in [-0.3, -0.25) is 0 Å². The number of aromatic amines is 1. The maximum Gasteiger partial charge on any atom is 0.182 e. The van der Waals surface area contributed by atoms with Gasteiger partial charge in [-0.25, -0.2) is 4.98 Å². The van der Waals surface area contributed by atoms with E-state index in [1.54, 1.807) is 6.20 Å². The van der Waals surface area contributed by atoms with Crippen molar-refractivity contribution in [1.29, 1.82) is 0 Å². The normalized spacial score (nSPS) is 12.2. The fourth-order valence-corrected chi connectivity index (χ4v) is 3.95. The predicted molar refractivity (Wildman–Crippen MR) is 123 cm³/mol. The number of nitrogens with zero attached hydrogens (tertiary/aromatic N) is 7. The van der Waals surface area contributed by atoms with Crippen molar-refractivity contribution < 1.29 is 0 Å². The summed E-state index contributed by atoms with van der Waals surface area (Å²) < 4.78 is 1.87. The average molecular weight is 425 g/mol. The van der Waals surface area contributed by atoms with Crippen LogP contribution in [0, 0.1) is 0 Å². The van der Waals surface area contributed by atoms with Crippen molar-refractivity contribution in [2.45, 2.75) is 25.7 Å². The van der Waals surface area contributed by atoms with Crippen LogP contribution in [-0.2, 0) is 12.8 Å². The van der Waals surface area contributed by atoms with E-state index in [2.05, 4.69) is 97.1 Å². The Morgan fingerprint density at radius 3 is 2.56 bits per heavy atom. The van der Waals surface area contributed by atoms with Gasteiger partial charge in [-0.1, -0.05) is 54.6 Å². The van der Waals surface area contributed by atoms with Crippen molar-refractivity contribution in [3.63, 3.8) is 0 Å². The highest BCUT2D eigenvalue weighted by Gasteiger charge is 2.20. The maximum absolute atomic E-state index is 4.65. The highest BCUT2D eigenvalue weighted by molar-refractivity contribution is 5.63. The second-order valence-corrected chi connectivity index (χ2v) is 7.72. The standard InChI is InChI=1S/C24H24N8/c1-3-19-16-23(32-22(26-19)13-14-25-32)31(2)20-11-9-18(10-12-20)21(24-27-29-30-28-24)15-17-7-5-4-6-8-17/h4-14,16,21H,3,15H2,1-2H3,(H,27,28,29,30). The molecule has 8 heteroatoms. The van der Waals surface area contributed by atoms with Gasteiger partial charge in [0, 0.05) is 30.6 Å². The second-order valence-electron chi connectivity index (χ2n) is 7.72. The zero-order chi connectivity index (χ0) is 21.9. The molecule has 3 heterocycles. The van der Waals surface area contributed by atoms with Gasteiger partial charge >= 0.3 is 0 Å². The molecule has 0 radical (unpaired) electrons. The van der Waals surface area contributed by atoms with E-state index >= 15 is 0 Å². The minimum Gasteiger partial charge on any atom is -0.329 e. The molecule has 0 aliphatic rings. The van der Waals surface area contributed by atoms with Crippen LogP contribution in [0.5, 0.6) is 0 Å². The number of tetrazole rings is 1. The van der Waals surface area contributed by atoms with Gasteiger partial charge in [0.25, 0.3) is 0 Å². The van der Waals surface area contributed by atoms with Crippen LogP contribution >= 0.6 is 0 Å². The van der Waals surface area contributed by atoms with Gasteiger partial charge in [0.2, 0.25) is 0 Å². The fourth-order valence-electron chi connectivity index (χ4n) is 3.95. The molecular formula is C24H24N8. The highest BCUT2D eigenvalue weighted by atomic mass is 15.5. The molecule has 0 saturated heterocycles. The summed E-state index contributed by atoms with van der Waals surface area (Å²) in [6, 6.07) is 22.9. The summed E-state index contributed by atoms with van der Waals surface area (Å²) in [4.78, 5) is 6.78. The number of aryl methyl sites for hydroxylation is 1. The first kappa shape index (κ1) is 19.9. The molecule has 5 aromatic rings. The van der Waals surface area contributed by atoms with Crippen molar-refractivity contribution in [1.82, 2.24) is 35.2 Å². The first-order valence-corrected chi connectivity index (χ1v) is 10.7. The fraction of sp³-hybridized carbons (Fsp3) is 0.208. The summed E-state index contributed by atoms with van der Waals surface area (Å²) in [6.45, 7) is 2.11. The van der Waals surface area contributed by atoms with Crippen molar-refractivity contribution in [3.05, 3.63) is 95.6 Å². The van der Waals surface area contributed by atoms with E-state index in [1.807, 2.05) is 23.7 Å². The van der Waals surface area contributed by atoms with E-state index < -0.39 is 0 Å². The van der Waals surface area contributed by atoms with E-state index in [0.717, 1.165) is 41.3 Å². The van der Waals surface area contributed by atoms with Gasteiger partial charge in [-0.05, 0) is 36.1 Å². The number of aromatic nitrogens is 7. The smallest absolute Gasteiger partial charge is 0.182 e. The molecule has 3 aromatic heterocycles. The summed E-state index contributed by atoms with van der Waals surface area (Å²) >= 11 is 0.